The second-order valence-corrected chi connectivity index (χ2v) is 2.18. The number of aryl methyl sites for hydroxylation is 1. The Bertz CT molecular complexity index is 253. The van der Waals surface area contributed by atoms with Gasteiger partial charge in [0.25, 0.3) is 0 Å². The van der Waals surface area contributed by atoms with E-state index in [0.29, 0.717) is 0 Å². The molecule has 0 saturated heterocycles. The van der Waals surface area contributed by atoms with Crippen molar-refractivity contribution in [2.45, 2.75) is 13.8 Å². The summed E-state index contributed by atoms with van der Waals surface area (Å²) in [4.78, 5) is 7.62. The van der Waals surface area contributed by atoms with Crippen molar-refractivity contribution >= 4 is 12.4 Å². The van der Waals surface area contributed by atoms with Crippen molar-refractivity contribution in [1.29, 1.82) is 0 Å². The van der Waals surface area contributed by atoms with Crippen molar-refractivity contribution in [3.05, 3.63) is 23.5 Å². The largest absolute Gasteiger partial charge is 0.262 e. The highest BCUT2D eigenvalue weighted by atomic mass is 14.7. The van der Waals surface area contributed by atoms with Crippen molar-refractivity contribution in [3.8, 4) is 0 Å². The number of aromatic nitrogens is 1. The third-order valence-electron chi connectivity index (χ3n) is 1.53. The van der Waals surface area contributed by atoms with E-state index in [4.69, 9.17) is 0 Å². The Kier molecular flexibility index (Phi) is 1.81. The molecule has 0 fully saturated rings. The summed E-state index contributed by atoms with van der Waals surface area (Å²) >= 11 is 0. The zero-order chi connectivity index (χ0) is 7.56. The SMILES string of the molecule is C=Nc1[c]ncc(C)c1C. The fourth-order valence-corrected chi connectivity index (χ4v) is 0.712. The van der Waals surface area contributed by atoms with Crippen molar-refractivity contribution in [2.75, 3.05) is 0 Å². The average molecular weight is 133 g/mol. The highest BCUT2D eigenvalue weighted by molar-refractivity contribution is 5.50. The zero-order valence-corrected chi connectivity index (χ0v) is 6.18. The van der Waals surface area contributed by atoms with Crippen molar-refractivity contribution in [1.82, 2.24) is 4.98 Å². The normalized spacial score (nSPS) is 9.40. The molecule has 2 nitrogen and oxygen atoms in total. The van der Waals surface area contributed by atoms with Gasteiger partial charge in [-0.15, -0.1) is 0 Å². The minimum atomic E-state index is 0.750. The molecule has 1 rings (SSSR count). The van der Waals surface area contributed by atoms with Crippen LogP contribution in [0.25, 0.3) is 0 Å². The van der Waals surface area contributed by atoms with Crippen LogP contribution in [0.15, 0.2) is 11.2 Å². The van der Waals surface area contributed by atoms with Gasteiger partial charge in [0.2, 0.25) is 0 Å². The summed E-state index contributed by atoms with van der Waals surface area (Å²) in [7, 11) is 0. The molecule has 0 amide bonds. The Morgan fingerprint density at radius 1 is 1.60 bits per heavy atom. The van der Waals surface area contributed by atoms with E-state index in [1.807, 2.05) is 13.8 Å². The van der Waals surface area contributed by atoms with Gasteiger partial charge in [0.1, 0.15) is 6.20 Å². The molecule has 51 valence electrons. The molecule has 0 atom stereocenters. The molecule has 0 spiro atoms. The van der Waals surface area contributed by atoms with Gasteiger partial charge in [0.15, 0.2) is 0 Å². The Balaban J connectivity index is 3.27. The lowest BCUT2D eigenvalue weighted by Gasteiger charge is -1.99. The van der Waals surface area contributed by atoms with Crippen LogP contribution in [0.3, 0.4) is 0 Å². The van der Waals surface area contributed by atoms with Gasteiger partial charge in [-0.3, -0.25) is 9.98 Å². The van der Waals surface area contributed by atoms with Crippen LogP contribution >= 0.6 is 0 Å². The highest BCUT2D eigenvalue weighted by Gasteiger charge is 1.97. The average Bonchev–Trinajstić information content (AvgIpc) is 1.95. The molecular weight excluding hydrogens is 124 g/mol. The smallest absolute Gasteiger partial charge is 0.117 e. The zero-order valence-electron chi connectivity index (χ0n) is 6.18. The fourth-order valence-electron chi connectivity index (χ4n) is 0.712. The lowest BCUT2D eigenvalue weighted by Crippen LogP contribution is -1.83. The van der Waals surface area contributed by atoms with Crippen molar-refractivity contribution in [3.63, 3.8) is 0 Å². The fraction of sp³-hybridized carbons (Fsp3) is 0.250. The van der Waals surface area contributed by atoms with Gasteiger partial charge < -0.3 is 0 Å². The summed E-state index contributed by atoms with van der Waals surface area (Å²) in [5, 5.41) is 0. The molecule has 0 saturated carbocycles. The van der Waals surface area contributed by atoms with Gasteiger partial charge in [0.05, 0.1) is 5.69 Å². The molecule has 0 unspecified atom stereocenters. The topological polar surface area (TPSA) is 25.2 Å². The standard InChI is InChI=1S/C8H9N2/c1-6-4-10-5-8(9-3)7(6)2/h4H,3H2,1-2H3. The first-order valence-electron chi connectivity index (χ1n) is 3.06. The maximum Gasteiger partial charge on any atom is 0.117 e. The second-order valence-electron chi connectivity index (χ2n) is 2.18. The number of aliphatic imine (C=N–C) groups is 1. The van der Waals surface area contributed by atoms with Crippen LogP contribution in [-0.4, -0.2) is 11.7 Å². The van der Waals surface area contributed by atoms with Crippen molar-refractivity contribution in [2.24, 2.45) is 4.99 Å². The quantitative estimate of drug-likeness (QED) is 0.536. The number of hydrogen-bond acceptors (Lipinski definition) is 2. The predicted octanol–water partition coefficient (Wildman–Crippen LogP) is 1.83. The molecule has 0 aliphatic heterocycles. The third-order valence-corrected chi connectivity index (χ3v) is 1.53. The van der Waals surface area contributed by atoms with Crippen molar-refractivity contribution < 1.29 is 0 Å². The molecule has 1 radical (unpaired) electrons. The first-order chi connectivity index (χ1) is 4.75. The number of rotatable bonds is 1. The van der Waals surface area contributed by atoms with Gasteiger partial charge in [-0.1, -0.05) is 0 Å². The van der Waals surface area contributed by atoms with Crippen LogP contribution in [0, 0.1) is 20.0 Å². The van der Waals surface area contributed by atoms with Gasteiger partial charge in [0, 0.05) is 6.20 Å². The van der Waals surface area contributed by atoms with E-state index in [1.165, 1.54) is 0 Å². The molecule has 2 heteroatoms. The molecule has 0 bridgehead atoms. The highest BCUT2D eigenvalue weighted by Crippen LogP contribution is 2.17. The second kappa shape index (κ2) is 2.60. The first kappa shape index (κ1) is 6.93. The molecule has 0 aromatic carbocycles. The summed E-state index contributed by atoms with van der Waals surface area (Å²) in [5.74, 6) is 0. The van der Waals surface area contributed by atoms with Crippen LogP contribution in [0.1, 0.15) is 11.1 Å². The van der Waals surface area contributed by atoms with Gasteiger partial charge in [-0.25, -0.2) is 0 Å². The molecule has 1 aromatic heterocycles. The summed E-state index contributed by atoms with van der Waals surface area (Å²) < 4.78 is 0. The lowest BCUT2D eigenvalue weighted by atomic mass is 10.1. The predicted molar refractivity (Wildman–Crippen MR) is 41.8 cm³/mol. The molecular formula is C8H9N2. The molecule has 1 aromatic rings. The van der Waals surface area contributed by atoms with E-state index in [2.05, 4.69) is 22.9 Å². The summed E-state index contributed by atoms with van der Waals surface area (Å²) in [6.45, 7) is 7.39. The van der Waals surface area contributed by atoms with Crippen LogP contribution in [0.2, 0.25) is 0 Å². The van der Waals surface area contributed by atoms with E-state index in [0.717, 1.165) is 16.8 Å². The van der Waals surface area contributed by atoms with E-state index in [-0.39, 0.29) is 0 Å². The number of nitrogens with zero attached hydrogens (tertiary/aromatic N) is 2. The molecule has 0 aliphatic carbocycles. The Labute approximate surface area is 60.6 Å². The van der Waals surface area contributed by atoms with E-state index >= 15 is 0 Å². The Hall–Kier alpha value is -1.18. The van der Waals surface area contributed by atoms with Gasteiger partial charge in [-0.2, -0.15) is 0 Å². The third kappa shape index (κ3) is 1.05. The van der Waals surface area contributed by atoms with Gasteiger partial charge in [-0.05, 0) is 31.7 Å². The Morgan fingerprint density at radius 3 is 2.80 bits per heavy atom. The lowest BCUT2D eigenvalue weighted by molar-refractivity contribution is 1.19. The molecule has 1 heterocycles. The van der Waals surface area contributed by atoms with E-state index in [9.17, 15) is 0 Å². The molecule has 10 heavy (non-hydrogen) atoms. The monoisotopic (exact) mass is 133 g/mol. The molecule has 0 N–H and O–H groups in total. The number of hydrogen-bond donors (Lipinski definition) is 0. The summed E-state index contributed by atoms with van der Waals surface area (Å²) in [6, 6.07) is 0. The minimum absolute atomic E-state index is 0.750. The van der Waals surface area contributed by atoms with Gasteiger partial charge >= 0.3 is 0 Å². The summed E-state index contributed by atoms with van der Waals surface area (Å²) in [6.07, 6.45) is 4.52. The van der Waals surface area contributed by atoms with Crippen LogP contribution in [0.5, 0.6) is 0 Å². The summed E-state index contributed by atoms with van der Waals surface area (Å²) in [5.41, 5.74) is 2.98. The maximum absolute atomic E-state index is 3.86. The van der Waals surface area contributed by atoms with E-state index < -0.39 is 0 Å². The van der Waals surface area contributed by atoms with Crippen LogP contribution < -0.4 is 0 Å². The maximum atomic E-state index is 3.86. The Morgan fingerprint density at radius 2 is 2.30 bits per heavy atom. The first-order valence-corrected chi connectivity index (χ1v) is 3.06. The minimum Gasteiger partial charge on any atom is -0.262 e. The van der Waals surface area contributed by atoms with Crippen LogP contribution in [0.4, 0.5) is 5.69 Å². The number of pyridine rings is 1. The van der Waals surface area contributed by atoms with E-state index in [1.54, 1.807) is 6.20 Å². The molecule has 0 aliphatic rings. The van der Waals surface area contributed by atoms with Crippen LogP contribution in [-0.2, 0) is 0 Å².